The third-order valence-corrected chi connectivity index (χ3v) is 3.77. The molecule has 0 aromatic carbocycles. The molecule has 0 unspecified atom stereocenters. The molecule has 0 bridgehead atoms. The zero-order chi connectivity index (χ0) is 13.5. The molecule has 1 aromatic heterocycles. The summed E-state index contributed by atoms with van der Waals surface area (Å²) in [4.78, 5) is 18.9. The lowest BCUT2D eigenvalue weighted by molar-refractivity contribution is -0.142. The molecule has 1 rings (SSSR count). The summed E-state index contributed by atoms with van der Waals surface area (Å²) in [5, 5.41) is 4.15. The van der Waals surface area contributed by atoms with Gasteiger partial charge in [0.2, 0.25) is 0 Å². The van der Waals surface area contributed by atoms with Gasteiger partial charge in [-0.25, -0.2) is 4.98 Å². The van der Waals surface area contributed by atoms with E-state index in [9.17, 15) is 4.79 Å². The predicted octanol–water partition coefficient (Wildman–Crippen LogP) is 1.64. The number of methoxy groups -OCH3 is 1. The molecule has 0 aliphatic heterocycles. The smallest absolute Gasteiger partial charge is 0.322 e. The lowest BCUT2D eigenvalue weighted by atomic mass is 10.3. The molecule has 0 spiro atoms. The van der Waals surface area contributed by atoms with Crippen LogP contribution in [0.3, 0.4) is 0 Å². The predicted molar refractivity (Wildman–Crippen MR) is 74.0 cm³/mol. The van der Waals surface area contributed by atoms with Gasteiger partial charge in [0, 0.05) is 30.7 Å². The Morgan fingerprint density at radius 3 is 2.78 bits per heavy atom. The maximum Gasteiger partial charge on any atom is 0.322 e. The molecule has 0 aliphatic rings. The number of rotatable bonds is 7. The van der Waals surface area contributed by atoms with Gasteiger partial charge in [-0.2, -0.15) is 0 Å². The highest BCUT2D eigenvalue weighted by Crippen LogP contribution is 2.22. The van der Waals surface area contributed by atoms with Gasteiger partial charge >= 0.3 is 5.97 Å². The monoisotopic (exact) mass is 271 g/mol. The van der Waals surface area contributed by atoms with Gasteiger partial charge in [0.25, 0.3) is 0 Å². The number of thiazole rings is 1. The Morgan fingerprint density at radius 2 is 2.22 bits per heavy atom. The molecule has 5 nitrogen and oxygen atoms in total. The summed E-state index contributed by atoms with van der Waals surface area (Å²) in [6.45, 7) is 8.56. The summed E-state index contributed by atoms with van der Waals surface area (Å²) < 4.78 is 4.66. The van der Waals surface area contributed by atoms with Crippen LogP contribution in [0.5, 0.6) is 0 Å². The van der Waals surface area contributed by atoms with E-state index >= 15 is 0 Å². The van der Waals surface area contributed by atoms with Gasteiger partial charge in [0.1, 0.15) is 6.04 Å². The number of hydrogen-bond acceptors (Lipinski definition) is 6. The van der Waals surface area contributed by atoms with Gasteiger partial charge in [0.15, 0.2) is 5.13 Å². The molecule has 18 heavy (non-hydrogen) atoms. The number of ether oxygens (including phenoxy) is 1. The van der Waals surface area contributed by atoms with Crippen LogP contribution >= 0.6 is 11.3 Å². The lowest BCUT2D eigenvalue weighted by Gasteiger charge is -2.16. The Kier molecular flexibility index (Phi) is 6.07. The Balaban J connectivity index is 2.51. The number of anilines is 1. The van der Waals surface area contributed by atoms with E-state index in [0.29, 0.717) is 6.54 Å². The second-order valence-corrected chi connectivity index (χ2v) is 5.00. The Hall–Kier alpha value is -1.14. The van der Waals surface area contributed by atoms with E-state index < -0.39 is 0 Å². The number of nitrogens with one attached hydrogen (secondary N) is 1. The molecule has 0 saturated heterocycles. The SMILES string of the molecule is CCN(CC)c1ncc(CN[C@@H](C)C(=O)OC)s1. The lowest BCUT2D eigenvalue weighted by Crippen LogP contribution is -2.34. The number of esters is 1. The maximum atomic E-state index is 11.2. The normalized spacial score (nSPS) is 12.2. The van der Waals surface area contributed by atoms with Gasteiger partial charge in [-0.3, -0.25) is 10.1 Å². The third-order valence-electron chi connectivity index (χ3n) is 2.71. The molecule has 0 fully saturated rings. The van der Waals surface area contributed by atoms with E-state index in [0.717, 1.165) is 23.1 Å². The minimum atomic E-state index is -0.297. The standard InChI is InChI=1S/C12H21N3O2S/c1-5-15(6-2)12-14-8-10(18-12)7-13-9(3)11(16)17-4/h8-9,13H,5-7H2,1-4H3/t9-/m0/s1. The average Bonchev–Trinajstić information content (AvgIpc) is 2.85. The number of carbonyl (C=O) groups is 1. The molecule has 1 aromatic rings. The Morgan fingerprint density at radius 1 is 1.56 bits per heavy atom. The molecule has 0 aliphatic carbocycles. The number of aromatic nitrogens is 1. The first-order valence-electron chi connectivity index (χ1n) is 6.13. The topological polar surface area (TPSA) is 54.5 Å². The van der Waals surface area contributed by atoms with Gasteiger partial charge in [-0.05, 0) is 20.8 Å². The minimum Gasteiger partial charge on any atom is -0.468 e. The Labute approximate surface area is 112 Å². The summed E-state index contributed by atoms with van der Waals surface area (Å²) >= 11 is 1.65. The van der Waals surface area contributed by atoms with Crippen molar-refractivity contribution in [2.45, 2.75) is 33.4 Å². The average molecular weight is 271 g/mol. The summed E-state index contributed by atoms with van der Waals surface area (Å²) in [5.41, 5.74) is 0. The van der Waals surface area contributed by atoms with Crippen molar-refractivity contribution in [2.75, 3.05) is 25.1 Å². The van der Waals surface area contributed by atoms with Crippen LogP contribution in [-0.4, -0.2) is 37.2 Å². The van der Waals surface area contributed by atoms with Crippen molar-refractivity contribution < 1.29 is 9.53 Å². The van der Waals surface area contributed by atoms with Crippen molar-refractivity contribution in [3.8, 4) is 0 Å². The fourth-order valence-electron chi connectivity index (χ4n) is 1.53. The fourth-order valence-corrected chi connectivity index (χ4v) is 2.52. The van der Waals surface area contributed by atoms with Crippen LogP contribution in [-0.2, 0) is 16.1 Å². The molecule has 0 amide bonds. The van der Waals surface area contributed by atoms with E-state index in [4.69, 9.17) is 0 Å². The van der Waals surface area contributed by atoms with Crippen LogP contribution < -0.4 is 10.2 Å². The molecule has 1 atom stereocenters. The minimum absolute atomic E-state index is 0.247. The van der Waals surface area contributed by atoms with Crippen molar-refractivity contribution in [1.29, 1.82) is 0 Å². The Bertz CT molecular complexity index is 377. The number of nitrogens with zero attached hydrogens (tertiary/aromatic N) is 2. The molecular weight excluding hydrogens is 250 g/mol. The van der Waals surface area contributed by atoms with E-state index in [1.165, 1.54) is 7.11 Å². The second kappa shape index (κ2) is 7.33. The molecule has 102 valence electrons. The molecular formula is C12H21N3O2S. The quantitative estimate of drug-likeness (QED) is 0.764. The highest BCUT2D eigenvalue weighted by Gasteiger charge is 2.13. The third kappa shape index (κ3) is 3.96. The van der Waals surface area contributed by atoms with Crippen LogP contribution in [0, 0.1) is 0 Å². The van der Waals surface area contributed by atoms with Crippen LogP contribution in [0.15, 0.2) is 6.20 Å². The van der Waals surface area contributed by atoms with Crippen molar-refractivity contribution in [3.63, 3.8) is 0 Å². The second-order valence-electron chi connectivity index (χ2n) is 3.91. The molecule has 6 heteroatoms. The van der Waals surface area contributed by atoms with E-state index in [1.54, 1.807) is 18.3 Å². The summed E-state index contributed by atoms with van der Waals surface area (Å²) in [6, 6.07) is -0.297. The van der Waals surface area contributed by atoms with Gasteiger partial charge in [-0.1, -0.05) is 0 Å². The first kappa shape index (κ1) is 14.9. The van der Waals surface area contributed by atoms with Gasteiger partial charge < -0.3 is 9.64 Å². The maximum absolute atomic E-state index is 11.2. The highest BCUT2D eigenvalue weighted by atomic mass is 32.1. The number of hydrogen-bond donors (Lipinski definition) is 1. The molecule has 1 heterocycles. The van der Waals surface area contributed by atoms with Crippen molar-refractivity contribution in [1.82, 2.24) is 10.3 Å². The zero-order valence-corrected chi connectivity index (χ0v) is 12.2. The van der Waals surface area contributed by atoms with E-state index in [1.807, 2.05) is 6.20 Å². The molecule has 0 radical (unpaired) electrons. The summed E-state index contributed by atoms with van der Waals surface area (Å²) in [7, 11) is 1.39. The highest BCUT2D eigenvalue weighted by molar-refractivity contribution is 7.15. The van der Waals surface area contributed by atoms with Gasteiger partial charge in [-0.15, -0.1) is 11.3 Å². The summed E-state index contributed by atoms with van der Waals surface area (Å²) in [6.07, 6.45) is 1.86. The van der Waals surface area contributed by atoms with Crippen LogP contribution in [0.2, 0.25) is 0 Å². The largest absolute Gasteiger partial charge is 0.468 e. The number of carbonyl (C=O) groups excluding carboxylic acids is 1. The van der Waals surface area contributed by atoms with Crippen LogP contribution in [0.1, 0.15) is 25.6 Å². The van der Waals surface area contributed by atoms with Crippen LogP contribution in [0.25, 0.3) is 0 Å². The first-order chi connectivity index (χ1) is 8.62. The zero-order valence-electron chi connectivity index (χ0n) is 11.4. The van der Waals surface area contributed by atoms with Crippen molar-refractivity contribution >= 4 is 22.4 Å². The fraction of sp³-hybridized carbons (Fsp3) is 0.667. The summed E-state index contributed by atoms with van der Waals surface area (Å²) in [5.74, 6) is -0.247. The molecule has 1 N–H and O–H groups in total. The van der Waals surface area contributed by atoms with E-state index in [-0.39, 0.29) is 12.0 Å². The molecule has 0 saturated carbocycles. The van der Waals surface area contributed by atoms with E-state index in [2.05, 4.69) is 33.8 Å². The van der Waals surface area contributed by atoms with Gasteiger partial charge in [0.05, 0.1) is 7.11 Å². The first-order valence-corrected chi connectivity index (χ1v) is 6.94. The van der Waals surface area contributed by atoms with Crippen molar-refractivity contribution in [2.24, 2.45) is 0 Å². The van der Waals surface area contributed by atoms with Crippen LogP contribution in [0.4, 0.5) is 5.13 Å². The van der Waals surface area contributed by atoms with Crippen molar-refractivity contribution in [3.05, 3.63) is 11.1 Å².